The Morgan fingerprint density at radius 2 is 2.11 bits per heavy atom. The molecule has 0 amide bonds. The minimum Gasteiger partial charge on any atom is -0.395 e. The third-order valence-electron chi connectivity index (χ3n) is 2.42. The maximum atomic E-state index is 11.9. The van der Waals surface area contributed by atoms with Gasteiger partial charge >= 0.3 is 0 Å². The summed E-state index contributed by atoms with van der Waals surface area (Å²) in [6, 6.07) is 5.30. The molecule has 0 heterocycles. The van der Waals surface area contributed by atoms with Crippen LogP contribution < -0.4 is 4.72 Å². The smallest absolute Gasteiger partial charge is 0.240 e. The number of ketones is 1. The number of carbonyl (C=O) groups is 1. The predicted molar refractivity (Wildman–Crippen MR) is 67.9 cm³/mol. The fourth-order valence-corrected chi connectivity index (χ4v) is 2.69. The average molecular weight is 271 g/mol. The summed E-state index contributed by atoms with van der Waals surface area (Å²) in [5, 5.41) is 8.84. The molecule has 0 spiro atoms. The number of hydrogen-bond donors (Lipinski definition) is 2. The van der Waals surface area contributed by atoms with E-state index in [2.05, 4.69) is 4.72 Å². The zero-order chi connectivity index (χ0) is 13.8. The summed E-state index contributed by atoms with van der Waals surface area (Å²) in [5.74, 6) is -0.109. The summed E-state index contributed by atoms with van der Waals surface area (Å²) >= 11 is 0. The first-order valence-electron chi connectivity index (χ1n) is 5.67. The Bertz CT molecular complexity index is 525. The van der Waals surface area contributed by atoms with Crippen molar-refractivity contribution in [2.24, 2.45) is 0 Å². The number of hydrogen-bond acceptors (Lipinski definition) is 4. The van der Waals surface area contributed by atoms with Gasteiger partial charge in [0.1, 0.15) is 0 Å². The number of aliphatic hydroxyl groups excluding tert-OH is 1. The number of aliphatic hydroxyl groups is 1. The second-order valence-electron chi connectivity index (χ2n) is 4.01. The molecule has 1 unspecified atom stereocenters. The average Bonchev–Trinajstić information content (AvgIpc) is 2.37. The van der Waals surface area contributed by atoms with E-state index in [4.69, 9.17) is 5.11 Å². The molecule has 1 aromatic carbocycles. The normalized spacial score (nSPS) is 13.3. The lowest BCUT2D eigenvalue weighted by Gasteiger charge is -2.12. The molecule has 1 aromatic rings. The highest BCUT2D eigenvalue weighted by Gasteiger charge is 2.18. The first-order valence-corrected chi connectivity index (χ1v) is 7.15. The van der Waals surface area contributed by atoms with Crippen molar-refractivity contribution in [1.82, 2.24) is 4.72 Å². The topological polar surface area (TPSA) is 83.5 Å². The van der Waals surface area contributed by atoms with Crippen LogP contribution in [0.2, 0.25) is 0 Å². The highest BCUT2D eigenvalue weighted by molar-refractivity contribution is 7.89. The Kier molecular flexibility index (Phi) is 5.01. The van der Waals surface area contributed by atoms with Crippen LogP contribution in [0.4, 0.5) is 0 Å². The molecule has 0 radical (unpaired) electrons. The Labute approximate surface area is 107 Å². The predicted octanol–water partition coefficient (Wildman–Crippen LogP) is 0.938. The van der Waals surface area contributed by atoms with Gasteiger partial charge < -0.3 is 5.11 Å². The van der Waals surface area contributed by atoms with E-state index in [9.17, 15) is 13.2 Å². The maximum Gasteiger partial charge on any atom is 0.240 e. The van der Waals surface area contributed by atoms with Crippen LogP contribution in [0.15, 0.2) is 29.2 Å². The van der Waals surface area contributed by atoms with E-state index in [1.165, 1.54) is 18.2 Å². The van der Waals surface area contributed by atoms with E-state index in [0.29, 0.717) is 12.0 Å². The fraction of sp³-hybridized carbons (Fsp3) is 0.417. The molecular weight excluding hydrogens is 254 g/mol. The third kappa shape index (κ3) is 3.63. The second-order valence-corrected chi connectivity index (χ2v) is 5.72. The van der Waals surface area contributed by atoms with Gasteiger partial charge in [-0.1, -0.05) is 19.1 Å². The van der Waals surface area contributed by atoms with Gasteiger partial charge in [-0.15, -0.1) is 0 Å². The van der Waals surface area contributed by atoms with E-state index in [1.807, 2.05) is 0 Å². The molecule has 0 aliphatic rings. The first kappa shape index (κ1) is 14.8. The molecule has 0 bridgehead atoms. The Morgan fingerprint density at radius 1 is 1.44 bits per heavy atom. The second kappa shape index (κ2) is 6.08. The summed E-state index contributed by atoms with van der Waals surface area (Å²) in [4.78, 5) is 11.5. The van der Waals surface area contributed by atoms with Crippen molar-refractivity contribution in [3.63, 3.8) is 0 Å². The summed E-state index contributed by atoms with van der Waals surface area (Å²) in [5.41, 5.74) is 0.372. The van der Waals surface area contributed by atoms with Gasteiger partial charge in [0.25, 0.3) is 0 Å². The molecule has 0 saturated heterocycles. The van der Waals surface area contributed by atoms with Gasteiger partial charge in [0.05, 0.1) is 11.5 Å². The van der Waals surface area contributed by atoms with E-state index in [1.54, 1.807) is 19.9 Å². The van der Waals surface area contributed by atoms with Crippen molar-refractivity contribution in [2.75, 3.05) is 6.61 Å². The van der Waals surface area contributed by atoms with Crippen molar-refractivity contribution in [3.8, 4) is 0 Å². The van der Waals surface area contributed by atoms with Crippen LogP contribution in [-0.2, 0) is 10.0 Å². The van der Waals surface area contributed by atoms with E-state index in [0.717, 1.165) is 0 Å². The molecule has 0 saturated carbocycles. The zero-order valence-electron chi connectivity index (χ0n) is 10.4. The minimum absolute atomic E-state index is 0.0297. The number of sulfonamides is 1. The van der Waals surface area contributed by atoms with E-state index < -0.39 is 16.1 Å². The maximum absolute atomic E-state index is 11.9. The summed E-state index contributed by atoms with van der Waals surface area (Å²) in [7, 11) is -3.70. The molecule has 100 valence electrons. The number of benzene rings is 1. The van der Waals surface area contributed by atoms with Crippen LogP contribution >= 0.6 is 0 Å². The van der Waals surface area contributed by atoms with Gasteiger partial charge in [-0.25, -0.2) is 13.1 Å². The van der Waals surface area contributed by atoms with Crippen molar-refractivity contribution in [1.29, 1.82) is 0 Å². The first-order chi connectivity index (χ1) is 8.40. The number of carbonyl (C=O) groups excluding carboxylic acids is 1. The molecule has 2 N–H and O–H groups in total. The Morgan fingerprint density at radius 3 is 2.67 bits per heavy atom. The summed E-state index contributed by atoms with van der Waals surface area (Å²) in [6.45, 7) is 2.99. The number of nitrogens with one attached hydrogen (secondary N) is 1. The van der Waals surface area contributed by atoms with Gasteiger partial charge in [-0.05, 0) is 19.1 Å². The monoisotopic (exact) mass is 271 g/mol. The lowest BCUT2D eigenvalue weighted by atomic mass is 10.1. The summed E-state index contributed by atoms with van der Waals surface area (Å²) in [6.07, 6.45) is 0.323. The highest BCUT2D eigenvalue weighted by atomic mass is 32.2. The van der Waals surface area contributed by atoms with Crippen LogP contribution in [0.25, 0.3) is 0 Å². The van der Waals surface area contributed by atoms with Gasteiger partial charge in [0, 0.05) is 18.0 Å². The highest BCUT2D eigenvalue weighted by Crippen LogP contribution is 2.13. The largest absolute Gasteiger partial charge is 0.395 e. The minimum atomic E-state index is -3.70. The molecule has 1 rings (SSSR count). The van der Waals surface area contributed by atoms with Crippen LogP contribution in [0.3, 0.4) is 0 Å². The van der Waals surface area contributed by atoms with Crippen molar-refractivity contribution >= 4 is 15.8 Å². The molecular formula is C12H17NO4S. The molecule has 1 atom stereocenters. The molecule has 18 heavy (non-hydrogen) atoms. The molecule has 0 fully saturated rings. The van der Waals surface area contributed by atoms with E-state index >= 15 is 0 Å². The van der Waals surface area contributed by atoms with E-state index in [-0.39, 0.29) is 17.3 Å². The Hall–Kier alpha value is -1.24. The van der Waals surface area contributed by atoms with Gasteiger partial charge in [-0.3, -0.25) is 4.79 Å². The quantitative estimate of drug-likeness (QED) is 0.754. The molecule has 0 aliphatic heterocycles. The molecule has 0 aliphatic carbocycles. The standard InChI is InChI=1S/C12H17NO4S/c1-3-12(15)10-5-4-6-11(7-10)18(16,17)13-9(2)8-14/h4-7,9,13-14H,3,8H2,1-2H3. The lowest BCUT2D eigenvalue weighted by molar-refractivity contribution is 0.0988. The molecule has 5 nitrogen and oxygen atoms in total. The summed E-state index contributed by atoms with van der Waals surface area (Å²) < 4.78 is 26.2. The van der Waals surface area contributed by atoms with Gasteiger partial charge in [-0.2, -0.15) is 0 Å². The van der Waals surface area contributed by atoms with Crippen LogP contribution in [-0.4, -0.2) is 32.0 Å². The van der Waals surface area contributed by atoms with Gasteiger partial charge in [0.2, 0.25) is 10.0 Å². The SMILES string of the molecule is CCC(=O)c1cccc(S(=O)(=O)NC(C)CO)c1. The number of rotatable bonds is 6. The lowest BCUT2D eigenvalue weighted by Crippen LogP contribution is -2.35. The van der Waals surface area contributed by atoms with Crippen LogP contribution in [0, 0.1) is 0 Å². The third-order valence-corrected chi connectivity index (χ3v) is 4.00. The molecule has 0 aromatic heterocycles. The number of Topliss-reactive ketones (excluding diaryl/α,β-unsaturated/α-hetero) is 1. The zero-order valence-corrected chi connectivity index (χ0v) is 11.2. The van der Waals surface area contributed by atoms with Crippen LogP contribution in [0.5, 0.6) is 0 Å². The van der Waals surface area contributed by atoms with Crippen molar-refractivity contribution in [3.05, 3.63) is 29.8 Å². The molecule has 6 heteroatoms. The van der Waals surface area contributed by atoms with Crippen LogP contribution in [0.1, 0.15) is 30.6 Å². The Balaban J connectivity index is 3.06. The van der Waals surface area contributed by atoms with Gasteiger partial charge in [0.15, 0.2) is 5.78 Å². The fourth-order valence-electron chi connectivity index (χ4n) is 1.41. The van der Waals surface area contributed by atoms with Crippen molar-refractivity contribution in [2.45, 2.75) is 31.2 Å². The van der Waals surface area contributed by atoms with Crippen molar-refractivity contribution < 1.29 is 18.3 Å².